The normalized spacial score (nSPS) is 13.2. The quantitative estimate of drug-likeness (QED) is 0.672. The first kappa shape index (κ1) is 11.2. The second-order valence-electron chi connectivity index (χ2n) is 4.83. The first-order valence-electron chi connectivity index (χ1n) is 6.43. The Morgan fingerprint density at radius 2 is 2.10 bits per heavy atom. The molecule has 2 aromatic heterocycles. The van der Waals surface area contributed by atoms with Crippen molar-refractivity contribution in [3.63, 3.8) is 0 Å². The molecule has 0 fully saturated rings. The fourth-order valence-electron chi connectivity index (χ4n) is 2.45. The highest BCUT2D eigenvalue weighted by atomic mass is 16.5. The van der Waals surface area contributed by atoms with Gasteiger partial charge in [-0.1, -0.05) is 18.2 Å². The zero-order valence-electron chi connectivity index (χ0n) is 11.0. The summed E-state index contributed by atoms with van der Waals surface area (Å²) in [5.41, 5.74) is 2.10. The van der Waals surface area contributed by atoms with Crippen LogP contribution in [0.2, 0.25) is 0 Å². The molecule has 100 valence electrons. The molecule has 0 amide bonds. The summed E-state index contributed by atoms with van der Waals surface area (Å²) in [5.74, 6) is 2.57. The predicted molar refractivity (Wildman–Crippen MR) is 72.1 cm³/mol. The van der Waals surface area contributed by atoms with Crippen molar-refractivity contribution in [1.82, 2.24) is 24.5 Å². The predicted octanol–water partition coefficient (Wildman–Crippen LogP) is 1.62. The SMILES string of the molecule is Cn1cc(-c2nnc3n2Cc2ccccc2OC3)cn1. The molecule has 1 aliphatic heterocycles. The molecule has 0 aliphatic carbocycles. The van der Waals surface area contributed by atoms with Gasteiger partial charge in [-0.3, -0.25) is 4.68 Å². The fourth-order valence-corrected chi connectivity index (χ4v) is 2.45. The van der Waals surface area contributed by atoms with E-state index in [-0.39, 0.29) is 0 Å². The van der Waals surface area contributed by atoms with Crippen LogP contribution in [0, 0.1) is 0 Å². The minimum absolute atomic E-state index is 0.435. The number of fused-ring (bicyclic) bond motifs is 2. The number of hydrogen-bond donors (Lipinski definition) is 0. The molecule has 3 aromatic rings. The molecule has 0 radical (unpaired) electrons. The molecule has 0 bridgehead atoms. The van der Waals surface area contributed by atoms with Crippen molar-refractivity contribution in [2.75, 3.05) is 0 Å². The van der Waals surface area contributed by atoms with E-state index in [4.69, 9.17) is 4.74 Å². The lowest BCUT2D eigenvalue weighted by Gasteiger charge is -2.06. The summed E-state index contributed by atoms with van der Waals surface area (Å²) >= 11 is 0. The van der Waals surface area contributed by atoms with Crippen LogP contribution in [-0.2, 0) is 20.2 Å². The lowest BCUT2D eigenvalue weighted by atomic mass is 10.2. The molecular weight excluding hydrogens is 254 g/mol. The number of benzene rings is 1. The molecule has 0 atom stereocenters. The van der Waals surface area contributed by atoms with E-state index in [1.165, 1.54) is 0 Å². The zero-order chi connectivity index (χ0) is 13.5. The van der Waals surface area contributed by atoms with Crippen molar-refractivity contribution < 1.29 is 4.74 Å². The fraction of sp³-hybridized carbons (Fsp3) is 0.214. The molecule has 4 rings (SSSR count). The van der Waals surface area contributed by atoms with Gasteiger partial charge in [-0.25, -0.2) is 0 Å². The minimum atomic E-state index is 0.435. The van der Waals surface area contributed by atoms with Crippen LogP contribution in [0.15, 0.2) is 36.7 Å². The number of para-hydroxylation sites is 1. The molecule has 0 saturated carbocycles. The van der Waals surface area contributed by atoms with Crippen molar-refractivity contribution in [3.05, 3.63) is 48.0 Å². The van der Waals surface area contributed by atoms with Crippen LogP contribution in [0.5, 0.6) is 5.75 Å². The number of hydrogen-bond acceptors (Lipinski definition) is 4. The number of ether oxygens (including phenoxy) is 1. The van der Waals surface area contributed by atoms with E-state index in [1.54, 1.807) is 10.9 Å². The maximum absolute atomic E-state index is 5.79. The van der Waals surface area contributed by atoms with Crippen LogP contribution in [0.3, 0.4) is 0 Å². The summed E-state index contributed by atoms with van der Waals surface area (Å²) in [6, 6.07) is 8.05. The molecule has 0 spiro atoms. The molecule has 0 N–H and O–H groups in total. The van der Waals surface area contributed by atoms with Gasteiger partial charge in [0.15, 0.2) is 11.6 Å². The first-order valence-corrected chi connectivity index (χ1v) is 6.43. The molecule has 3 heterocycles. The molecule has 1 aromatic carbocycles. The zero-order valence-corrected chi connectivity index (χ0v) is 11.0. The van der Waals surface area contributed by atoms with Gasteiger partial charge in [-0.2, -0.15) is 5.10 Å². The lowest BCUT2D eigenvalue weighted by molar-refractivity contribution is 0.297. The van der Waals surface area contributed by atoms with Crippen LogP contribution in [0.25, 0.3) is 11.4 Å². The molecule has 20 heavy (non-hydrogen) atoms. The van der Waals surface area contributed by atoms with Gasteiger partial charge in [-0.15, -0.1) is 10.2 Å². The second kappa shape index (κ2) is 4.19. The van der Waals surface area contributed by atoms with Crippen molar-refractivity contribution in [2.24, 2.45) is 7.05 Å². The summed E-state index contributed by atoms with van der Waals surface area (Å²) in [6.07, 6.45) is 3.74. The van der Waals surface area contributed by atoms with E-state index in [0.717, 1.165) is 28.5 Å². The third kappa shape index (κ3) is 1.69. The van der Waals surface area contributed by atoms with Crippen LogP contribution in [-0.4, -0.2) is 24.5 Å². The third-order valence-corrected chi connectivity index (χ3v) is 3.45. The summed E-state index contributed by atoms with van der Waals surface area (Å²) in [5, 5.41) is 12.7. The Balaban J connectivity index is 1.83. The molecule has 6 nitrogen and oxygen atoms in total. The minimum Gasteiger partial charge on any atom is -0.485 e. The number of aryl methyl sites for hydroxylation is 1. The standard InChI is InChI=1S/C14H13N5O/c1-18-7-11(6-15-18)14-17-16-13-9-20-12-5-3-2-4-10(12)8-19(13)14/h2-7H,8-9H2,1H3. The highest BCUT2D eigenvalue weighted by Gasteiger charge is 2.20. The average molecular weight is 267 g/mol. The summed E-state index contributed by atoms with van der Waals surface area (Å²) in [7, 11) is 1.89. The maximum atomic E-state index is 5.79. The highest BCUT2D eigenvalue weighted by Crippen LogP contribution is 2.27. The Hall–Kier alpha value is -2.63. The Labute approximate surface area is 115 Å². The van der Waals surface area contributed by atoms with Gasteiger partial charge in [0, 0.05) is 18.8 Å². The molecule has 6 heteroatoms. The van der Waals surface area contributed by atoms with E-state index < -0.39 is 0 Å². The van der Waals surface area contributed by atoms with Gasteiger partial charge in [0.25, 0.3) is 0 Å². The summed E-state index contributed by atoms with van der Waals surface area (Å²) < 4.78 is 9.63. The highest BCUT2D eigenvalue weighted by molar-refractivity contribution is 5.53. The van der Waals surface area contributed by atoms with Crippen LogP contribution in [0.1, 0.15) is 11.4 Å². The summed E-state index contributed by atoms with van der Waals surface area (Å²) in [6.45, 7) is 1.15. The van der Waals surface area contributed by atoms with Crippen LogP contribution < -0.4 is 4.74 Å². The van der Waals surface area contributed by atoms with Crippen molar-refractivity contribution >= 4 is 0 Å². The van der Waals surface area contributed by atoms with Gasteiger partial charge in [-0.05, 0) is 6.07 Å². The van der Waals surface area contributed by atoms with Crippen molar-refractivity contribution in [3.8, 4) is 17.1 Å². The molecule has 0 unspecified atom stereocenters. The Bertz CT molecular complexity index is 773. The largest absolute Gasteiger partial charge is 0.485 e. The van der Waals surface area contributed by atoms with E-state index in [0.29, 0.717) is 13.2 Å². The van der Waals surface area contributed by atoms with Crippen LogP contribution >= 0.6 is 0 Å². The third-order valence-electron chi connectivity index (χ3n) is 3.45. The smallest absolute Gasteiger partial charge is 0.171 e. The maximum Gasteiger partial charge on any atom is 0.171 e. The van der Waals surface area contributed by atoms with Crippen molar-refractivity contribution in [1.29, 1.82) is 0 Å². The molecular formula is C14H13N5O. The van der Waals surface area contributed by atoms with Gasteiger partial charge in [0.2, 0.25) is 0 Å². The Morgan fingerprint density at radius 1 is 1.20 bits per heavy atom. The summed E-state index contributed by atoms with van der Waals surface area (Å²) in [4.78, 5) is 0. The Morgan fingerprint density at radius 3 is 2.95 bits per heavy atom. The van der Waals surface area contributed by atoms with Gasteiger partial charge >= 0.3 is 0 Å². The molecule has 1 aliphatic rings. The van der Waals surface area contributed by atoms with Gasteiger partial charge in [0.05, 0.1) is 18.3 Å². The monoisotopic (exact) mass is 267 g/mol. The number of rotatable bonds is 1. The van der Waals surface area contributed by atoms with Gasteiger partial charge < -0.3 is 9.30 Å². The van der Waals surface area contributed by atoms with Gasteiger partial charge in [0.1, 0.15) is 12.4 Å². The average Bonchev–Trinajstić information content (AvgIpc) is 3.00. The van der Waals surface area contributed by atoms with E-state index in [1.807, 2.05) is 31.4 Å². The Kier molecular flexibility index (Phi) is 2.35. The van der Waals surface area contributed by atoms with E-state index in [9.17, 15) is 0 Å². The first-order chi connectivity index (χ1) is 9.81. The molecule has 0 saturated heterocycles. The number of aromatic nitrogens is 5. The van der Waals surface area contributed by atoms with E-state index in [2.05, 4.69) is 25.9 Å². The van der Waals surface area contributed by atoms with E-state index >= 15 is 0 Å². The second-order valence-corrected chi connectivity index (χ2v) is 4.83. The van der Waals surface area contributed by atoms with Crippen molar-refractivity contribution in [2.45, 2.75) is 13.2 Å². The topological polar surface area (TPSA) is 57.8 Å². The van der Waals surface area contributed by atoms with Crippen LogP contribution in [0.4, 0.5) is 0 Å². The number of nitrogens with zero attached hydrogens (tertiary/aromatic N) is 5. The lowest BCUT2D eigenvalue weighted by Crippen LogP contribution is -2.04.